The van der Waals surface area contributed by atoms with Crippen molar-refractivity contribution in [2.75, 3.05) is 19.6 Å². The fourth-order valence-corrected chi connectivity index (χ4v) is 18.1. The first-order valence-electron chi connectivity index (χ1n) is 33.6. The second kappa shape index (κ2) is 19.6. The number of nitrogens with zero attached hydrogens (tertiary/aromatic N) is 4. The van der Waals surface area contributed by atoms with E-state index in [1.807, 2.05) is 0 Å². The Labute approximate surface area is 555 Å². The summed E-state index contributed by atoms with van der Waals surface area (Å²) in [7, 11) is 0. The minimum atomic E-state index is -0.138. The zero-order valence-corrected chi connectivity index (χ0v) is 52.1. The molecule has 22 rings (SSSR count). The van der Waals surface area contributed by atoms with E-state index in [-0.39, 0.29) is 13.4 Å². The van der Waals surface area contributed by atoms with Crippen molar-refractivity contribution in [1.29, 1.82) is 0 Å². The third-order valence-electron chi connectivity index (χ3n) is 21.9. The highest BCUT2D eigenvalue weighted by molar-refractivity contribution is 7.03. The summed E-state index contributed by atoms with van der Waals surface area (Å²) >= 11 is 0. The molecule has 0 unspecified atom stereocenters. The number of fused-ring (bicyclic) bond motifs is 26. The van der Waals surface area contributed by atoms with Crippen molar-refractivity contribution >= 4 is 211 Å². The maximum atomic E-state index is 2.67. The number of hydrogen-bond acceptors (Lipinski definition) is 4. The van der Waals surface area contributed by atoms with Crippen molar-refractivity contribution in [1.82, 2.24) is 0 Å². The van der Waals surface area contributed by atoms with Crippen molar-refractivity contribution in [2.24, 2.45) is 0 Å². The van der Waals surface area contributed by atoms with Crippen LogP contribution in [0.1, 0.15) is 0 Å². The zero-order chi connectivity index (χ0) is 62.4. The van der Waals surface area contributed by atoms with Crippen LogP contribution in [0.2, 0.25) is 0 Å². The van der Waals surface area contributed by atoms with Crippen LogP contribution in [0.5, 0.6) is 0 Å². The Kier molecular flexibility index (Phi) is 10.6. The largest absolute Gasteiger partial charge is 0.311 e. The molecule has 96 heavy (non-hydrogen) atoms. The van der Waals surface area contributed by atoms with Crippen molar-refractivity contribution < 1.29 is 0 Å². The molecule has 0 amide bonds. The molecular weight excluding hydrogens is 1160 g/mol. The monoisotopic (exact) mass is 1210 g/mol. The fraction of sp³-hybridized carbons (Fsp3) is 0. The van der Waals surface area contributed by atoms with E-state index in [9.17, 15) is 0 Å². The van der Waals surface area contributed by atoms with Crippen LogP contribution < -0.4 is 52.4 Å². The zero-order valence-electron chi connectivity index (χ0n) is 52.1. The summed E-state index contributed by atoms with van der Waals surface area (Å²) in [4.78, 5) is 10.3. The molecule has 6 heteroatoms. The fourth-order valence-electron chi connectivity index (χ4n) is 18.1. The molecule has 4 aliphatic heterocycles. The van der Waals surface area contributed by atoms with Gasteiger partial charge in [-0.3, -0.25) is 0 Å². The third kappa shape index (κ3) is 7.04. The van der Waals surface area contributed by atoms with Crippen LogP contribution in [-0.2, 0) is 0 Å². The van der Waals surface area contributed by atoms with E-state index in [1.165, 1.54) is 170 Å². The Balaban J connectivity index is 0.851. The molecule has 0 atom stereocenters. The van der Waals surface area contributed by atoms with Crippen molar-refractivity contribution in [3.8, 4) is 0 Å². The number of hydrogen-bond donors (Lipinski definition) is 0. The maximum absolute atomic E-state index is 2.67. The average Bonchev–Trinajstić information content (AvgIpc) is 0.686. The molecule has 0 fully saturated rings. The molecule has 0 N–H and O–H groups in total. The van der Waals surface area contributed by atoms with Gasteiger partial charge in [-0.05, 0) is 221 Å². The second-order valence-electron chi connectivity index (χ2n) is 26.5. The highest BCUT2D eigenvalue weighted by atomic mass is 15.2. The predicted molar refractivity (Wildman–Crippen MR) is 412 cm³/mol. The molecule has 4 heterocycles. The molecule has 0 bridgehead atoms. The van der Waals surface area contributed by atoms with Crippen molar-refractivity contribution in [2.45, 2.75) is 0 Å². The number of anilines is 12. The van der Waals surface area contributed by atoms with Gasteiger partial charge >= 0.3 is 0 Å². The summed E-state index contributed by atoms with van der Waals surface area (Å²) < 4.78 is 0. The van der Waals surface area contributed by atoms with Gasteiger partial charge in [-0.25, -0.2) is 0 Å². The first kappa shape index (κ1) is 52.2. The van der Waals surface area contributed by atoms with E-state index in [2.05, 4.69) is 347 Å². The van der Waals surface area contributed by atoms with Gasteiger partial charge in [0.1, 0.15) is 0 Å². The lowest BCUT2D eigenvalue weighted by atomic mass is 9.30. The third-order valence-corrected chi connectivity index (χ3v) is 21.9. The lowest BCUT2D eigenvalue weighted by molar-refractivity contribution is 1.24. The van der Waals surface area contributed by atoms with E-state index in [1.54, 1.807) is 0 Å². The minimum Gasteiger partial charge on any atom is -0.311 e. The minimum absolute atomic E-state index is 0.113. The standard InChI is InChI=1S/C90H54B2N4/c1-2-22-55(23-3-1)93-81-38-18-16-36-77(81)91-79-53-80-88(54-87(79)95(85-42-20-40-83(93)89(85)91)57-45-48-72-66-31-8-5-25-60(66)63-28-11-14-34-69(63)75(72)51-57)96(58-46-49-73-67-32-9-6-26-61(67)64-29-12-15-35-70(64)76(73)52-58)86-43-21-41-84-90(86)92(80)78-37-17-19-39-82(78)94(84)56-44-47-71-65-30-7-4-24-59(65)62-27-10-13-33-68(62)74(71)50-56/h1-54H. The maximum Gasteiger partial charge on any atom is 0.252 e. The Morgan fingerprint density at radius 2 is 0.396 bits per heavy atom. The lowest BCUT2D eigenvalue weighted by Gasteiger charge is -2.47. The Hall–Kier alpha value is -12.4. The molecule has 4 nitrogen and oxygen atoms in total. The quantitative estimate of drug-likeness (QED) is 0.129. The topological polar surface area (TPSA) is 13.0 Å². The van der Waals surface area contributed by atoms with Gasteiger partial charge in [0.25, 0.3) is 13.4 Å². The molecule has 18 aromatic rings. The summed E-state index contributed by atoms with van der Waals surface area (Å²) in [6.07, 6.45) is 0. The molecule has 4 aliphatic rings. The van der Waals surface area contributed by atoms with Crippen LogP contribution in [0.25, 0.3) is 97.0 Å². The van der Waals surface area contributed by atoms with Gasteiger partial charge in [0.2, 0.25) is 0 Å². The Morgan fingerprint density at radius 3 is 0.729 bits per heavy atom. The van der Waals surface area contributed by atoms with Crippen molar-refractivity contribution in [3.05, 3.63) is 328 Å². The Bertz CT molecular complexity index is 6370. The summed E-state index contributed by atoms with van der Waals surface area (Å²) in [6, 6.07) is 124. The van der Waals surface area contributed by atoms with Crippen molar-refractivity contribution in [3.63, 3.8) is 0 Å². The van der Waals surface area contributed by atoms with Gasteiger partial charge in [0, 0.05) is 68.2 Å². The van der Waals surface area contributed by atoms with E-state index in [4.69, 9.17) is 0 Å². The molecule has 0 radical (unpaired) electrons. The number of benzene rings is 18. The van der Waals surface area contributed by atoms with Crippen LogP contribution in [0.15, 0.2) is 328 Å². The summed E-state index contributed by atoms with van der Waals surface area (Å²) in [5.74, 6) is 0. The summed E-state index contributed by atoms with van der Waals surface area (Å²) in [6.45, 7) is -0.251. The highest BCUT2D eigenvalue weighted by Crippen LogP contribution is 2.51. The van der Waals surface area contributed by atoms with Crippen LogP contribution in [-0.4, -0.2) is 13.4 Å². The van der Waals surface area contributed by atoms with E-state index in [0.29, 0.717) is 0 Å². The van der Waals surface area contributed by atoms with Gasteiger partial charge < -0.3 is 19.6 Å². The smallest absolute Gasteiger partial charge is 0.252 e. The lowest BCUT2D eigenvalue weighted by Crippen LogP contribution is -2.65. The molecule has 0 aromatic heterocycles. The van der Waals surface area contributed by atoms with Gasteiger partial charge in [0.05, 0.1) is 0 Å². The molecule has 18 aromatic carbocycles. The van der Waals surface area contributed by atoms with Gasteiger partial charge in [-0.1, -0.05) is 237 Å². The predicted octanol–water partition coefficient (Wildman–Crippen LogP) is 20.2. The summed E-state index contributed by atoms with van der Waals surface area (Å²) in [5.41, 5.74) is 21.6. The summed E-state index contributed by atoms with van der Waals surface area (Å²) in [5, 5.41) is 22.6. The molecule has 0 aliphatic carbocycles. The van der Waals surface area contributed by atoms with E-state index in [0.717, 1.165) is 28.4 Å². The Morgan fingerprint density at radius 1 is 0.146 bits per heavy atom. The highest BCUT2D eigenvalue weighted by Gasteiger charge is 2.48. The van der Waals surface area contributed by atoms with Crippen LogP contribution >= 0.6 is 0 Å². The second-order valence-corrected chi connectivity index (χ2v) is 26.5. The number of para-hydroxylation sites is 3. The van der Waals surface area contributed by atoms with E-state index < -0.39 is 0 Å². The molecular formula is C90H54B2N4. The molecule has 0 saturated heterocycles. The van der Waals surface area contributed by atoms with Gasteiger partial charge in [-0.2, -0.15) is 0 Å². The van der Waals surface area contributed by atoms with Crippen LogP contribution in [0.4, 0.5) is 68.2 Å². The average molecular weight is 1210 g/mol. The first-order valence-corrected chi connectivity index (χ1v) is 33.6. The van der Waals surface area contributed by atoms with Gasteiger partial charge in [-0.15, -0.1) is 0 Å². The van der Waals surface area contributed by atoms with Crippen LogP contribution in [0.3, 0.4) is 0 Å². The number of rotatable bonds is 4. The normalized spacial score (nSPS) is 13.5. The first-order chi connectivity index (χ1) is 47.7. The molecule has 0 spiro atoms. The van der Waals surface area contributed by atoms with E-state index >= 15 is 0 Å². The SMILES string of the molecule is c1ccc(N2c3ccccc3B3c4cc5c(cc4N(c4ccc6c7ccccc7c7ccccc7c6c4)c4cccc2c43)N(c2ccc3c4ccccc4c4ccccc4c3c2)c2cccc3c2B5c2ccccc2N3c2ccc3c4ccccc4c4ccccc4c3c2)cc1. The van der Waals surface area contributed by atoms with Crippen LogP contribution in [0, 0.1) is 0 Å². The molecule has 440 valence electrons. The van der Waals surface area contributed by atoms with Gasteiger partial charge in [0.15, 0.2) is 0 Å². The molecule has 0 saturated carbocycles.